The second-order valence-corrected chi connectivity index (χ2v) is 4.50. The summed E-state index contributed by atoms with van der Waals surface area (Å²) in [7, 11) is 0. The summed E-state index contributed by atoms with van der Waals surface area (Å²) in [5, 5.41) is 13.9. The smallest absolute Gasteiger partial charge is 0.272 e. The maximum atomic E-state index is 11.7. The van der Waals surface area contributed by atoms with Gasteiger partial charge in [0.05, 0.1) is 5.75 Å². The second kappa shape index (κ2) is 5.06. The molecule has 0 fully saturated rings. The van der Waals surface area contributed by atoms with Crippen molar-refractivity contribution in [2.75, 3.05) is 11.1 Å². The molecule has 2 N–H and O–H groups in total. The van der Waals surface area contributed by atoms with Crippen LogP contribution in [0.15, 0.2) is 35.9 Å². The van der Waals surface area contributed by atoms with Crippen LogP contribution in [-0.2, 0) is 4.79 Å². The van der Waals surface area contributed by atoms with E-state index in [4.69, 9.17) is 0 Å². The molecule has 0 spiro atoms. The van der Waals surface area contributed by atoms with Crippen molar-refractivity contribution in [3.63, 3.8) is 0 Å². The van der Waals surface area contributed by atoms with Crippen molar-refractivity contribution in [1.29, 1.82) is 0 Å². The average Bonchev–Trinajstić information content (AvgIpc) is 3.01. The van der Waals surface area contributed by atoms with Crippen LogP contribution in [0.1, 0.15) is 0 Å². The summed E-state index contributed by atoms with van der Waals surface area (Å²) in [6, 6.07) is 5.32. The SMILES string of the molecule is O=C(CSc1nnc2nc[nH]n12)Nc1ccccn1. The van der Waals surface area contributed by atoms with Crippen LogP contribution in [0.5, 0.6) is 0 Å². The number of nitrogens with zero attached hydrogens (tertiary/aromatic N) is 5. The molecule has 3 heterocycles. The van der Waals surface area contributed by atoms with Gasteiger partial charge in [0.1, 0.15) is 12.1 Å². The fraction of sp³-hybridized carbons (Fsp3) is 0.100. The van der Waals surface area contributed by atoms with Gasteiger partial charge in [-0.2, -0.15) is 9.50 Å². The highest BCUT2D eigenvalue weighted by atomic mass is 32.2. The van der Waals surface area contributed by atoms with E-state index in [1.54, 1.807) is 22.8 Å². The lowest BCUT2D eigenvalue weighted by atomic mass is 10.4. The average molecular weight is 275 g/mol. The first-order valence-corrected chi connectivity index (χ1v) is 6.40. The van der Waals surface area contributed by atoms with Gasteiger partial charge < -0.3 is 5.32 Å². The zero-order valence-corrected chi connectivity index (χ0v) is 10.5. The topological polar surface area (TPSA) is 101 Å². The molecule has 0 aromatic carbocycles. The maximum absolute atomic E-state index is 11.7. The maximum Gasteiger partial charge on any atom is 0.272 e. The third-order valence-corrected chi connectivity index (χ3v) is 3.18. The van der Waals surface area contributed by atoms with Crippen molar-refractivity contribution in [2.24, 2.45) is 0 Å². The van der Waals surface area contributed by atoms with Gasteiger partial charge in [-0.3, -0.25) is 9.89 Å². The van der Waals surface area contributed by atoms with Gasteiger partial charge in [0.15, 0.2) is 0 Å². The summed E-state index contributed by atoms with van der Waals surface area (Å²) in [6.45, 7) is 0. The Morgan fingerprint density at radius 2 is 2.32 bits per heavy atom. The highest BCUT2D eigenvalue weighted by molar-refractivity contribution is 7.99. The van der Waals surface area contributed by atoms with Crippen LogP contribution in [0.3, 0.4) is 0 Å². The predicted molar refractivity (Wildman–Crippen MR) is 68.7 cm³/mol. The minimum atomic E-state index is -0.153. The van der Waals surface area contributed by atoms with Crippen LogP contribution in [0.4, 0.5) is 5.82 Å². The van der Waals surface area contributed by atoms with Gasteiger partial charge in [0.2, 0.25) is 11.1 Å². The first kappa shape index (κ1) is 11.7. The van der Waals surface area contributed by atoms with E-state index in [9.17, 15) is 4.79 Å². The molecule has 0 aliphatic heterocycles. The van der Waals surface area contributed by atoms with Gasteiger partial charge in [-0.1, -0.05) is 17.8 Å². The summed E-state index contributed by atoms with van der Waals surface area (Å²) in [4.78, 5) is 19.7. The third kappa shape index (κ3) is 2.55. The molecule has 0 saturated carbocycles. The summed E-state index contributed by atoms with van der Waals surface area (Å²) >= 11 is 1.27. The molecule has 3 aromatic rings. The molecule has 1 amide bonds. The lowest BCUT2D eigenvalue weighted by Gasteiger charge is -2.02. The highest BCUT2D eigenvalue weighted by Gasteiger charge is 2.10. The van der Waals surface area contributed by atoms with E-state index in [0.29, 0.717) is 16.8 Å². The van der Waals surface area contributed by atoms with E-state index in [1.165, 1.54) is 18.1 Å². The van der Waals surface area contributed by atoms with E-state index in [2.05, 4.69) is 30.6 Å². The van der Waals surface area contributed by atoms with Gasteiger partial charge in [-0.05, 0) is 12.1 Å². The Morgan fingerprint density at radius 1 is 1.37 bits per heavy atom. The van der Waals surface area contributed by atoms with Crippen LogP contribution >= 0.6 is 11.8 Å². The van der Waals surface area contributed by atoms with Gasteiger partial charge >= 0.3 is 0 Å². The molecule has 3 rings (SSSR count). The second-order valence-electron chi connectivity index (χ2n) is 3.56. The van der Waals surface area contributed by atoms with Crippen molar-refractivity contribution in [3.05, 3.63) is 30.7 Å². The number of thioether (sulfide) groups is 1. The zero-order chi connectivity index (χ0) is 13.1. The Hall–Kier alpha value is -2.42. The molecule has 0 aliphatic carbocycles. The normalized spacial score (nSPS) is 10.7. The summed E-state index contributed by atoms with van der Waals surface area (Å²) < 4.78 is 1.61. The van der Waals surface area contributed by atoms with E-state index >= 15 is 0 Å². The molecular formula is C10H9N7OS. The summed E-state index contributed by atoms with van der Waals surface area (Å²) in [6.07, 6.45) is 3.14. The largest absolute Gasteiger partial charge is 0.310 e. The Morgan fingerprint density at radius 3 is 3.16 bits per heavy atom. The molecular weight excluding hydrogens is 266 g/mol. The summed E-state index contributed by atoms with van der Waals surface area (Å²) in [5.74, 6) is 1.07. The van der Waals surface area contributed by atoms with Crippen LogP contribution in [0, 0.1) is 0 Å². The lowest BCUT2D eigenvalue weighted by molar-refractivity contribution is -0.113. The standard InChI is InChI=1S/C10H9N7OS/c18-8(14-7-3-1-2-4-11-7)5-19-10-16-15-9-12-6-13-17(9)10/h1-4,6H,5H2,(H,11,14,18)(H,12,13,15). The van der Waals surface area contributed by atoms with E-state index in [1.807, 2.05) is 6.07 Å². The number of rotatable bonds is 4. The molecule has 0 radical (unpaired) electrons. The fourth-order valence-electron chi connectivity index (χ4n) is 1.44. The van der Waals surface area contributed by atoms with Gasteiger partial charge in [0.25, 0.3) is 5.78 Å². The number of amides is 1. The van der Waals surface area contributed by atoms with E-state index < -0.39 is 0 Å². The predicted octanol–water partition coefficient (Wildman–Crippen LogP) is 0.578. The minimum absolute atomic E-state index is 0.153. The third-order valence-electron chi connectivity index (χ3n) is 2.25. The van der Waals surface area contributed by atoms with Crippen molar-refractivity contribution in [2.45, 2.75) is 5.16 Å². The number of H-pyrrole nitrogens is 1. The van der Waals surface area contributed by atoms with Gasteiger partial charge in [-0.25, -0.2) is 4.98 Å². The molecule has 3 aromatic heterocycles. The van der Waals surface area contributed by atoms with Crippen molar-refractivity contribution >= 4 is 29.3 Å². The Balaban J connectivity index is 1.60. The number of carbonyl (C=O) groups excluding carboxylic acids is 1. The van der Waals surface area contributed by atoms with Crippen LogP contribution in [0.25, 0.3) is 5.78 Å². The van der Waals surface area contributed by atoms with Crippen LogP contribution in [-0.4, -0.2) is 41.4 Å². The molecule has 9 heteroatoms. The fourth-order valence-corrected chi connectivity index (χ4v) is 2.14. The van der Waals surface area contributed by atoms with Crippen molar-refractivity contribution in [3.8, 4) is 0 Å². The number of hydrogen-bond donors (Lipinski definition) is 2. The number of pyridine rings is 1. The van der Waals surface area contributed by atoms with Gasteiger partial charge in [0, 0.05) is 6.20 Å². The minimum Gasteiger partial charge on any atom is -0.310 e. The highest BCUT2D eigenvalue weighted by Crippen LogP contribution is 2.15. The Kier molecular flexibility index (Phi) is 3.11. The molecule has 0 atom stereocenters. The summed E-state index contributed by atoms with van der Waals surface area (Å²) in [5.41, 5.74) is 0. The number of anilines is 1. The quantitative estimate of drug-likeness (QED) is 0.675. The number of aromatic amines is 1. The number of fused-ring (bicyclic) bond motifs is 1. The first-order valence-electron chi connectivity index (χ1n) is 5.41. The number of hydrogen-bond acceptors (Lipinski definition) is 6. The molecule has 0 unspecified atom stereocenters. The molecule has 0 aliphatic rings. The Labute approximate surface area is 111 Å². The lowest BCUT2D eigenvalue weighted by Crippen LogP contribution is -2.15. The molecule has 0 bridgehead atoms. The van der Waals surface area contributed by atoms with Crippen molar-refractivity contribution < 1.29 is 4.79 Å². The van der Waals surface area contributed by atoms with E-state index in [0.717, 1.165) is 0 Å². The monoisotopic (exact) mass is 275 g/mol. The molecule has 8 nitrogen and oxygen atoms in total. The molecule has 0 saturated heterocycles. The van der Waals surface area contributed by atoms with E-state index in [-0.39, 0.29) is 11.7 Å². The van der Waals surface area contributed by atoms with Crippen LogP contribution in [0.2, 0.25) is 0 Å². The molecule has 96 valence electrons. The molecule has 19 heavy (non-hydrogen) atoms. The number of nitrogens with one attached hydrogen (secondary N) is 2. The number of aromatic nitrogens is 6. The zero-order valence-electron chi connectivity index (χ0n) is 9.65. The van der Waals surface area contributed by atoms with Crippen molar-refractivity contribution in [1.82, 2.24) is 29.8 Å². The Bertz CT molecular complexity index is 692. The first-order chi connectivity index (χ1) is 9.33. The van der Waals surface area contributed by atoms with Crippen LogP contribution < -0.4 is 5.32 Å². The number of carbonyl (C=O) groups is 1. The van der Waals surface area contributed by atoms with Gasteiger partial charge in [-0.15, -0.1) is 10.2 Å².